The van der Waals surface area contributed by atoms with Crippen LogP contribution in [0.1, 0.15) is 38.5 Å². The Labute approximate surface area is 85.5 Å². The minimum Gasteiger partial charge on any atom is -0.107 e. The van der Waals surface area contributed by atoms with Gasteiger partial charge >= 0.3 is 0 Å². The summed E-state index contributed by atoms with van der Waals surface area (Å²) in [7, 11) is 0. The summed E-state index contributed by atoms with van der Waals surface area (Å²) in [5.41, 5.74) is 3.80. The summed E-state index contributed by atoms with van der Waals surface area (Å²) in [5, 5.41) is 0. The molecule has 3 aliphatic rings. The second kappa shape index (κ2) is 2.75. The molecule has 11 heavy (non-hydrogen) atoms. The lowest BCUT2D eigenvalue weighted by Gasteiger charge is -2.16. The fourth-order valence-corrected chi connectivity index (χ4v) is 3.35. The first-order chi connectivity index (χ1) is 4.95. The molecule has 2 atom stereocenters. The monoisotopic (exact) mass is 262 g/mol. The fourth-order valence-electron chi connectivity index (χ4n) is 3.35. The lowest BCUT2D eigenvalue weighted by Crippen LogP contribution is -2.06. The maximum Gasteiger partial charge on any atom is -0.0169 e. The number of halogens is 1. The molecular weight excluding hydrogens is 247 g/mol. The van der Waals surface area contributed by atoms with Crippen molar-refractivity contribution < 1.29 is 0 Å². The molecule has 0 aromatic heterocycles. The Hall–Kier alpha value is 0.470. The van der Waals surface area contributed by atoms with Crippen LogP contribution >= 0.6 is 24.0 Å². The molecule has 0 amide bonds. The number of allylic oxidation sites excluding steroid dienone is 2. The molecule has 0 N–H and O–H groups in total. The molecule has 0 heterocycles. The molecule has 62 valence electrons. The van der Waals surface area contributed by atoms with E-state index in [1.807, 2.05) is 11.1 Å². The van der Waals surface area contributed by atoms with Gasteiger partial charge in [-0.05, 0) is 50.4 Å². The van der Waals surface area contributed by atoms with E-state index in [-0.39, 0.29) is 24.0 Å². The van der Waals surface area contributed by atoms with Crippen LogP contribution in [0.15, 0.2) is 11.1 Å². The van der Waals surface area contributed by atoms with Crippen molar-refractivity contribution in [2.75, 3.05) is 0 Å². The second-order valence-corrected chi connectivity index (χ2v) is 4.13. The third-order valence-corrected chi connectivity index (χ3v) is 3.76. The van der Waals surface area contributed by atoms with E-state index < -0.39 is 0 Å². The highest BCUT2D eigenvalue weighted by Gasteiger charge is 2.40. The fraction of sp³-hybridized carbons (Fsp3) is 0.800. The standard InChI is InChI=1S/C10H14.HI/c1-2-9-7-4-5-8(6-7)10(9)3-1;/h7,9H,1-6H2;1H. The van der Waals surface area contributed by atoms with Gasteiger partial charge in [-0.15, -0.1) is 24.0 Å². The van der Waals surface area contributed by atoms with Crippen molar-refractivity contribution in [1.82, 2.24) is 0 Å². The van der Waals surface area contributed by atoms with Crippen LogP contribution in [0.2, 0.25) is 0 Å². The molecule has 0 aromatic carbocycles. The van der Waals surface area contributed by atoms with Crippen LogP contribution in [0.3, 0.4) is 0 Å². The van der Waals surface area contributed by atoms with E-state index in [9.17, 15) is 0 Å². The van der Waals surface area contributed by atoms with Gasteiger partial charge in [0.25, 0.3) is 0 Å². The first-order valence-corrected chi connectivity index (χ1v) is 4.66. The Balaban J connectivity index is 0.000000480. The molecule has 1 heteroatoms. The predicted octanol–water partition coefficient (Wildman–Crippen LogP) is 3.51. The van der Waals surface area contributed by atoms with E-state index in [1.54, 1.807) is 0 Å². The highest BCUT2D eigenvalue weighted by atomic mass is 127. The average molecular weight is 262 g/mol. The first-order valence-electron chi connectivity index (χ1n) is 4.66. The van der Waals surface area contributed by atoms with Crippen LogP contribution in [-0.2, 0) is 0 Å². The molecular formula is C10H15I. The molecule has 0 aliphatic heterocycles. The van der Waals surface area contributed by atoms with Crippen LogP contribution in [0.25, 0.3) is 0 Å². The van der Waals surface area contributed by atoms with Gasteiger partial charge < -0.3 is 0 Å². The number of fused-ring (bicyclic) bond motifs is 4. The predicted molar refractivity (Wildman–Crippen MR) is 57.1 cm³/mol. The van der Waals surface area contributed by atoms with E-state index >= 15 is 0 Å². The lowest BCUT2D eigenvalue weighted by atomic mass is 9.89. The molecule has 0 nitrogen and oxygen atoms in total. The third-order valence-electron chi connectivity index (χ3n) is 3.76. The normalized spacial score (nSPS) is 39.3. The van der Waals surface area contributed by atoms with E-state index in [4.69, 9.17) is 0 Å². The van der Waals surface area contributed by atoms with Crippen molar-refractivity contribution in [2.24, 2.45) is 11.8 Å². The Morgan fingerprint density at radius 1 is 1.09 bits per heavy atom. The minimum atomic E-state index is 0. The van der Waals surface area contributed by atoms with Gasteiger partial charge in [-0.2, -0.15) is 0 Å². The molecule has 2 saturated carbocycles. The zero-order chi connectivity index (χ0) is 6.55. The molecule has 2 fully saturated rings. The molecule has 3 rings (SSSR count). The van der Waals surface area contributed by atoms with E-state index in [2.05, 4.69) is 0 Å². The van der Waals surface area contributed by atoms with Crippen molar-refractivity contribution in [1.29, 1.82) is 0 Å². The Kier molecular flexibility index (Phi) is 2.02. The molecule has 2 bridgehead atoms. The van der Waals surface area contributed by atoms with Gasteiger partial charge in [0, 0.05) is 0 Å². The largest absolute Gasteiger partial charge is 0.107 e. The SMILES string of the molecule is C1CC2=C3CCC(C3)C2C1.I. The van der Waals surface area contributed by atoms with Gasteiger partial charge in [-0.3, -0.25) is 0 Å². The third kappa shape index (κ3) is 0.995. The Morgan fingerprint density at radius 3 is 2.82 bits per heavy atom. The summed E-state index contributed by atoms with van der Waals surface area (Å²) in [6, 6.07) is 0. The summed E-state index contributed by atoms with van der Waals surface area (Å²) in [4.78, 5) is 0. The second-order valence-electron chi connectivity index (χ2n) is 4.13. The molecule has 0 saturated heterocycles. The van der Waals surface area contributed by atoms with Crippen LogP contribution < -0.4 is 0 Å². The van der Waals surface area contributed by atoms with Crippen LogP contribution in [-0.4, -0.2) is 0 Å². The molecule has 3 aliphatic carbocycles. The van der Waals surface area contributed by atoms with Crippen molar-refractivity contribution in [3.05, 3.63) is 11.1 Å². The van der Waals surface area contributed by atoms with Gasteiger partial charge in [0.15, 0.2) is 0 Å². The number of hydrogen-bond acceptors (Lipinski definition) is 0. The van der Waals surface area contributed by atoms with E-state index in [0.29, 0.717) is 0 Å². The van der Waals surface area contributed by atoms with E-state index in [0.717, 1.165) is 11.8 Å². The van der Waals surface area contributed by atoms with Crippen LogP contribution in [0.5, 0.6) is 0 Å². The molecule has 0 spiro atoms. The van der Waals surface area contributed by atoms with Crippen molar-refractivity contribution >= 4 is 24.0 Å². The Morgan fingerprint density at radius 2 is 2.00 bits per heavy atom. The summed E-state index contributed by atoms with van der Waals surface area (Å²) in [6.45, 7) is 0. The maximum absolute atomic E-state index is 1.91. The van der Waals surface area contributed by atoms with Gasteiger partial charge in [0.05, 0.1) is 0 Å². The van der Waals surface area contributed by atoms with E-state index in [1.165, 1.54) is 38.5 Å². The van der Waals surface area contributed by atoms with Crippen molar-refractivity contribution in [3.8, 4) is 0 Å². The zero-order valence-electron chi connectivity index (χ0n) is 6.81. The Bertz CT molecular complexity index is 205. The smallest absolute Gasteiger partial charge is 0.0169 e. The molecule has 2 unspecified atom stereocenters. The topological polar surface area (TPSA) is 0 Å². The average Bonchev–Trinajstić information content (AvgIpc) is 2.60. The highest BCUT2D eigenvalue weighted by Crippen LogP contribution is 2.54. The van der Waals surface area contributed by atoms with Gasteiger partial charge in [0.1, 0.15) is 0 Å². The lowest BCUT2D eigenvalue weighted by molar-refractivity contribution is 0.411. The van der Waals surface area contributed by atoms with Crippen LogP contribution in [0, 0.1) is 11.8 Å². The number of rotatable bonds is 0. The molecule has 0 aromatic rings. The quantitative estimate of drug-likeness (QED) is 0.463. The summed E-state index contributed by atoms with van der Waals surface area (Å²) in [5.74, 6) is 2.20. The van der Waals surface area contributed by atoms with Crippen molar-refractivity contribution in [2.45, 2.75) is 38.5 Å². The summed E-state index contributed by atoms with van der Waals surface area (Å²) >= 11 is 0. The minimum absolute atomic E-state index is 0. The number of hydrogen-bond donors (Lipinski definition) is 0. The van der Waals surface area contributed by atoms with Crippen LogP contribution in [0.4, 0.5) is 0 Å². The zero-order valence-corrected chi connectivity index (χ0v) is 9.14. The van der Waals surface area contributed by atoms with Gasteiger partial charge in [-0.25, -0.2) is 0 Å². The highest BCUT2D eigenvalue weighted by molar-refractivity contribution is 14.0. The van der Waals surface area contributed by atoms with Gasteiger partial charge in [0.2, 0.25) is 0 Å². The summed E-state index contributed by atoms with van der Waals surface area (Å²) < 4.78 is 0. The van der Waals surface area contributed by atoms with Gasteiger partial charge in [-0.1, -0.05) is 11.1 Å². The maximum atomic E-state index is 1.91. The summed E-state index contributed by atoms with van der Waals surface area (Å²) in [6.07, 6.45) is 9.00. The first kappa shape index (κ1) is 8.09. The molecule has 0 radical (unpaired) electrons. The van der Waals surface area contributed by atoms with Crippen molar-refractivity contribution in [3.63, 3.8) is 0 Å².